The number of amides is 2. The summed E-state index contributed by atoms with van der Waals surface area (Å²) in [6.45, 7) is 7.72. The molecule has 1 N–H and O–H groups in total. The minimum atomic E-state index is -0.543. The Hall–Kier alpha value is -2.70. The number of piperazine rings is 1. The van der Waals surface area contributed by atoms with Gasteiger partial charge in [-0.15, -0.1) is 0 Å². The van der Waals surface area contributed by atoms with Gasteiger partial charge in [0.25, 0.3) is 5.56 Å². The van der Waals surface area contributed by atoms with E-state index in [0.29, 0.717) is 43.7 Å². The van der Waals surface area contributed by atoms with Crippen molar-refractivity contribution in [3.63, 3.8) is 0 Å². The minimum absolute atomic E-state index is 0.00597. The van der Waals surface area contributed by atoms with Gasteiger partial charge >= 0.3 is 0 Å². The van der Waals surface area contributed by atoms with E-state index in [2.05, 4.69) is 4.98 Å². The summed E-state index contributed by atoms with van der Waals surface area (Å²) in [6.07, 6.45) is 0.638. The first kappa shape index (κ1) is 20.0. The van der Waals surface area contributed by atoms with Gasteiger partial charge in [0, 0.05) is 44.2 Å². The van der Waals surface area contributed by atoms with Crippen molar-refractivity contribution in [1.29, 1.82) is 0 Å². The third-order valence-electron chi connectivity index (χ3n) is 5.28. The molecule has 7 heteroatoms. The molecule has 2 amide bonds. The largest absolute Gasteiger partial charge is 0.339 e. The van der Waals surface area contributed by atoms with Crippen LogP contribution in [-0.2, 0) is 16.0 Å². The summed E-state index contributed by atoms with van der Waals surface area (Å²) >= 11 is 0. The summed E-state index contributed by atoms with van der Waals surface area (Å²) in [6, 6.07) is 4.69. The molecule has 3 rings (SSSR count). The first-order chi connectivity index (χ1) is 13.3. The molecule has 28 heavy (non-hydrogen) atoms. The monoisotopic (exact) mass is 387 g/mol. The maximum absolute atomic E-state index is 13.9. The number of nitrogens with one attached hydrogen (secondary N) is 1. The van der Waals surface area contributed by atoms with Gasteiger partial charge < -0.3 is 14.8 Å². The molecule has 0 aliphatic carbocycles. The number of nitrogens with zero attached hydrogens (tertiary/aromatic N) is 2. The quantitative estimate of drug-likeness (QED) is 0.874. The van der Waals surface area contributed by atoms with Crippen molar-refractivity contribution in [2.45, 2.75) is 33.6 Å². The molecule has 1 fully saturated rings. The van der Waals surface area contributed by atoms with E-state index < -0.39 is 11.4 Å². The predicted molar refractivity (Wildman–Crippen MR) is 106 cm³/mol. The van der Waals surface area contributed by atoms with Gasteiger partial charge in [0.05, 0.1) is 5.39 Å². The van der Waals surface area contributed by atoms with E-state index >= 15 is 0 Å². The molecule has 1 aromatic heterocycles. The highest BCUT2D eigenvalue weighted by Gasteiger charge is 2.25. The summed E-state index contributed by atoms with van der Waals surface area (Å²) in [4.78, 5) is 43.1. The molecular formula is C21H26FN3O3. The molecule has 150 valence electrons. The number of rotatable bonds is 4. The molecule has 0 bridgehead atoms. The van der Waals surface area contributed by atoms with E-state index in [1.54, 1.807) is 21.9 Å². The van der Waals surface area contributed by atoms with E-state index in [1.807, 2.05) is 20.8 Å². The third kappa shape index (κ3) is 4.08. The van der Waals surface area contributed by atoms with Crippen LogP contribution in [-0.4, -0.2) is 52.8 Å². The predicted octanol–water partition coefficient (Wildman–Crippen LogP) is 2.24. The molecule has 0 radical (unpaired) electrons. The van der Waals surface area contributed by atoms with Crippen molar-refractivity contribution in [1.82, 2.24) is 14.8 Å². The highest BCUT2D eigenvalue weighted by atomic mass is 19.1. The first-order valence-corrected chi connectivity index (χ1v) is 9.65. The number of benzene rings is 1. The van der Waals surface area contributed by atoms with Crippen molar-refractivity contribution in [2.75, 3.05) is 26.2 Å². The Bertz CT molecular complexity index is 959. The Kier molecular flexibility index (Phi) is 5.82. The molecule has 1 aliphatic rings. The van der Waals surface area contributed by atoms with Crippen molar-refractivity contribution in [3.8, 4) is 0 Å². The van der Waals surface area contributed by atoms with Crippen molar-refractivity contribution < 1.29 is 14.0 Å². The van der Waals surface area contributed by atoms with Crippen LogP contribution in [0.1, 0.15) is 31.5 Å². The molecule has 0 saturated carbocycles. The number of aryl methyl sites for hydroxylation is 2. The zero-order valence-electron chi connectivity index (χ0n) is 16.5. The van der Waals surface area contributed by atoms with Crippen LogP contribution in [0.3, 0.4) is 0 Å². The lowest BCUT2D eigenvalue weighted by atomic mass is 10.0. The van der Waals surface area contributed by atoms with Crippen molar-refractivity contribution in [2.24, 2.45) is 5.92 Å². The number of halogens is 1. The van der Waals surface area contributed by atoms with Crippen LogP contribution in [0.5, 0.6) is 0 Å². The van der Waals surface area contributed by atoms with Crippen LogP contribution in [0.25, 0.3) is 10.8 Å². The second-order valence-corrected chi connectivity index (χ2v) is 7.64. The Morgan fingerprint density at radius 1 is 1.14 bits per heavy atom. The van der Waals surface area contributed by atoms with Gasteiger partial charge in [-0.3, -0.25) is 14.4 Å². The van der Waals surface area contributed by atoms with Gasteiger partial charge in [0.1, 0.15) is 5.82 Å². The van der Waals surface area contributed by atoms with Crippen LogP contribution >= 0.6 is 0 Å². The van der Waals surface area contributed by atoms with E-state index in [1.165, 1.54) is 6.07 Å². The lowest BCUT2D eigenvalue weighted by Gasteiger charge is -2.35. The summed E-state index contributed by atoms with van der Waals surface area (Å²) in [5, 5.41) is 0.632. The fourth-order valence-corrected chi connectivity index (χ4v) is 3.61. The first-order valence-electron chi connectivity index (χ1n) is 9.65. The van der Waals surface area contributed by atoms with E-state index in [-0.39, 0.29) is 29.5 Å². The summed E-state index contributed by atoms with van der Waals surface area (Å²) < 4.78 is 13.9. The molecule has 1 aromatic carbocycles. The smallest absolute Gasteiger partial charge is 0.259 e. The molecule has 2 heterocycles. The highest BCUT2D eigenvalue weighted by Crippen LogP contribution is 2.19. The zero-order chi connectivity index (χ0) is 20.4. The Labute approximate surface area is 163 Å². The zero-order valence-corrected chi connectivity index (χ0v) is 16.5. The number of aromatic nitrogens is 1. The minimum Gasteiger partial charge on any atom is -0.339 e. The molecule has 1 saturated heterocycles. The topological polar surface area (TPSA) is 73.5 Å². The second kappa shape index (κ2) is 8.12. The number of carbonyl (C=O) groups is 2. The molecular weight excluding hydrogens is 361 g/mol. The van der Waals surface area contributed by atoms with Crippen LogP contribution < -0.4 is 5.56 Å². The molecule has 0 unspecified atom stereocenters. The van der Waals surface area contributed by atoms with Crippen LogP contribution in [0.2, 0.25) is 0 Å². The fourth-order valence-electron chi connectivity index (χ4n) is 3.61. The average Bonchev–Trinajstić information content (AvgIpc) is 2.68. The maximum Gasteiger partial charge on any atom is 0.259 e. The SMILES string of the molecule is Cc1ccc(F)c2c(=O)[nH]c(CCC(=O)N3CCN(C(=O)C(C)C)CC3)cc12. The van der Waals surface area contributed by atoms with Gasteiger partial charge in [-0.05, 0) is 36.4 Å². The van der Waals surface area contributed by atoms with E-state index in [0.717, 1.165) is 5.56 Å². The van der Waals surface area contributed by atoms with E-state index in [9.17, 15) is 18.8 Å². The van der Waals surface area contributed by atoms with Gasteiger partial charge in [-0.25, -0.2) is 4.39 Å². The van der Waals surface area contributed by atoms with Crippen LogP contribution in [0.15, 0.2) is 23.0 Å². The summed E-state index contributed by atoms with van der Waals surface area (Å²) in [5.74, 6) is -0.476. The normalized spacial score (nSPS) is 14.8. The number of pyridine rings is 1. The van der Waals surface area contributed by atoms with Crippen LogP contribution in [0, 0.1) is 18.7 Å². The van der Waals surface area contributed by atoms with Gasteiger partial charge in [0.2, 0.25) is 11.8 Å². The van der Waals surface area contributed by atoms with Gasteiger partial charge in [0.15, 0.2) is 0 Å². The summed E-state index contributed by atoms with van der Waals surface area (Å²) in [7, 11) is 0. The lowest BCUT2D eigenvalue weighted by molar-refractivity contribution is -0.141. The fraction of sp³-hybridized carbons (Fsp3) is 0.476. The highest BCUT2D eigenvalue weighted by molar-refractivity contribution is 5.85. The maximum atomic E-state index is 13.9. The number of carbonyl (C=O) groups excluding carboxylic acids is 2. The Morgan fingerprint density at radius 2 is 1.79 bits per heavy atom. The van der Waals surface area contributed by atoms with Gasteiger partial charge in [-0.1, -0.05) is 19.9 Å². The van der Waals surface area contributed by atoms with Crippen LogP contribution in [0.4, 0.5) is 4.39 Å². The second-order valence-electron chi connectivity index (χ2n) is 7.64. The summed E-state index contributed by atoms with van der Waals surface area (Å²) in [5.41, 5.74) is 0.969. The molecule has 6 nitrogen and oxygen atoms in total. The lowest BCUT2D eigenvalue weighted by Crippen LogP contribution is -2.51. The van der Waals surface area contributed by atoms with E-state index in [4.69, 9.17) is 0 Å². The average molecular weight is 387 g/mol. The van der Waals surface area contributed by atoms with Gasteiger partial charge in [-0.2, -0.15) is 0 Å². The number of fused-ring (bicyclic) bond motifs is 1. The standard InChI is InChI=1S/C21H26FN3O3/c1-13(2)21(28)25-10-8-24(9-11-25)18(26)7-5-15-12-16-14(3)4-6-17(22)19(16)20(27)23-15/h4,6,12-13H,5,7-11H2,1-3H3,(H,23,27). The number of H-pyrrole nitrogens is 1. The molecule has 0 atom stereocenters. The number of hydrogen-bond donors (Lipinski definition) is 1. The van der Waals surface area contributed by atoms with Crippen molar-refractivity contribution >= 4 is 22.6 Å². The molecule has 0 spiro atoms. The van der Waals surface area contributed by atoms with Crippen molar-refractivity contribution in [3.05, 3.63) is 45.6 Å². The molecule has 2 aromatic rings. The Morgan fingerprint density at radius 3 is 2.43 bits per heavy atom. The molecule has 1 aliphatic heterocycles. The Balaban J connectivity index is 1.63. The number of hydrogen-bond acceptors (Lipinski definition) is 3. The third-order valence-corrected chi connectivity index (χ3v) is 5.28. The number of aromatic amines is 1.